The summed E-state index contributed by atoms with van der Waals surface area (Å²) >= 11 is 0. The lowest BCUT2D eigenvalue weighted by Gasteiger charge is -2.36. The summed E-state index contributed by atoms with van der Waals surface area (Å²) in [6.45, 7) is 1.95. The van der Waals surface area contributed by atoms with Crippen molar-refractivity contribution < 1.29 is 9.18 Å². The van der Waals surface area contributed by atoms with Crippen LogP contribution in [0.25, 0.3) is 0 Å². The first-order chi connectivity index (χ1) is 11.6. The molecule has 1 aliphatic carbocycles. The molecule has 1 N–H and O–H groups in total. The lowest BCUT2D eigenvalue weighted by molar-refractivity contribution is 0.0627. The SMILES string of the molecule is Cl.Cn1nc(C(=O)N2CCNCC2c2cccc(F)c2)cc1C1CC1. The average Bonchev–Trinajstić information content (AvgIpc) is 3.36. The van der Waals surface area contributed by atoms with Crippen molar-refractivity contribution in [1.82, 2.24) is 20.0 Å². The van der Waals surface area contributed by atoms with E-state index < -0.39 is 0 Å². The van der Waals surface area contributed by atoms with Crippen molar-refractivity contribution in [2.45, 2.75) is 24.8 Å². The Morgan fingerprint density at radius 1 is 1.32 bits per heavy atom. The van der Waals surface area contributed by atoms with Crippen molar-refractivity contribution in [2.75, 3.05) is 19.6 Å². The number of carbonyl (C=O) groups excluding carboxylic acids is 1. The topological polar surface area (TPSA) is 50.2 Å². The van der Waals surface area contributed by atoms with Crippen LogP contribution in [0.2, 0.25) is 0 Å². The van der Waals surface area contributed by atoms with Gasteiger partial charge >= 0.3 is 0 Å². The van der Waals surface area contributed by atoms with E-state index in [2.05, 4.69) is 10.4 Å². The molecule has 0 bridgehead atoms. The van der Waals surface area contributed by atoms with E-state index in [0.29, 0.717) is 24.7 Å². The van der Waals surface area contributed by atoms with Crippen LogP contribution < -0.4 is 5.32 Å². The van der Waals surface area contributed by atoms with Gasteiger partial charge in [0.1, 0.15) is 5.82 Å². The Kier molecular flexibility index (Phi) is 5.11. The van der Waals surface area contributed by atoms with Crippen LogP contribution in [0.4, 0.5) is 4.39 Å². The fourth-order valence-electron chi connectivity index (χ4n) is 3.45. The largest absolute Gasteiger partial charge is 0.328 e. The molecule has 2 aliphatic rings. The first kappa shape index (κ1) is 17.9. The van der Waals surface area contributed by atoms with E-state index in [1.807, 2.05) is 28.8 Å². The number of hydrogen-bond acceptors (Lipinski definition) is 3. The summed E-state index contributed by atoms with van der Waals surface area (Å²) in [4.78, 5) is 14.8. The van der Waals surface area contributed by atoms with Gasteiger partial charge in [0, 0.05) is 38.3 Å². The van der Waals surface area contributed by atoms with Crippen molar-refractivity contribution >= 4 is 18.3 Å². The first-order valence-electron chi connectivity index (χ1n) is 8.44. The summed E-state index contributed by atoms with van der Waals surface area (Å²) in [5, 5.41) is 7.72. The normalized spacial score (nSPS) is 20.2. The Morgan fingerprint density at radius 3 is 2.84 bits per heavy atom. The summed E-state index contributed by atoms with van der Waals surface area (Å²) in [7, 11) is 1.90. The number of aromatic nitrogens is 2. The number of aryl methyl sites for hydroxylation is 1. The minimum absolute atomic E-state index is 0. The highest BCUT2D eigenvalue weighted by Gasteiger charge is 2.32. The van der Waals surface area contributed by atoms with Gasteiger partial charge in [0.25, 0.3) is 5.91 Å². The molecular weight excluding hydrogens is 343 g/mol. The third-order valence-corrected chi connectivity index (χ3v) is 4.87. The molecule has 1 unspecified atom stereocenters. The highest BCUT2D eigenvalue weighted by atomic mass is 35.5. The summed E-state index contributed by atoms with van der Waals surface area (Å²) in [6, 6.07) is 8.24. The van der Waals surface area contributed by atoms with Crippen LogP contribution >= 0.6 is 12.4 Å². The third-order valence-electron chi connectivity index (χ3n) is 4.87. The van der Waals surface area contributed by atoms with Gasteiger partial charge in [-0.2, -0.15) is 5.10 Å². The Hall–Kier alpha value is -1.92. The van der Waals surface area contributed by atoms with Gasteiger partial charge in [0.15, 0.2) is 5.69 Å². The van der Waals surface area contributed by atoms with E-state index in [1.54, 1.807) is 6.07 Å². The van der Waals surface area contributed by atoms with E-state index in [4.69, 9.17) is 0 Å². The number of amides is 1. The van der Waals surface area contributed by atoms with Gasteiger partial charge < -0.3 is 10.2 Å². The van der Waals surface area contributed by atoms with Gasteiger partial charge in [-0.15, -0.1) is 12.4 Å². The molecule has 1 atom stereocenters. The minimum Gasteiger partial charge on any atom is -0.328 e. The molecule has 4 rings (SSSR count). The molecule has 7 heteroatoms. The maximum Gasteiger partial charge on any atom is 0.274 e. The van der Waals surface area contributed by atoms with Crippen molar-refractivity contribution in [3.8, 4) is 0 Å². The number of benzene rings is 1. The number of nitrogens with one attached hydrogen (secondary N) is 1. The maximum atomic E-state index is 13.6. The molecule has 2 fully saturated rings. The summed E-state index contributed by atoms with van der Waals surface area (Å²) in [5.74, 6) is 0.193. The van der Waals surface area contributed by atoms with Gasteiger partial charge in [-0.25, -0.2) is 4.39 Å². The summed E-state index contributed by atoms with van der Waals surface area (Å²) in [6.07, 6.45) is 2.35. The summed E-state index contributed by atoms with van der Waals surface area (Å²) in [5.41, 5.74) is 2.44. The highest BCUT2D eigenvalue weighted by molar-refractivity contribution is 5.93. The molecule has 134 valence electrons. The quantitative estimate of drug-likeness (QED) is 0.910. The molecule has 1 aromatic carbocycles. The number of carbonyl (C=O) groups is 1. The molecule has 1 saturated carbocycles. The lowest BCUT2D eigenvalue weighted by atomic mass is 10.0. The fraction of sp³-hybridized carbons (Fsp3) is 0.444. The predicted octanol–water partition coefficient (Wildman–Crippen LogP) is 2.65. The first-order valence-corrected chi connectivity index (χ1v) is 8.44. The van der Waals surface area contributed by atoms with Gasteiger partial charge in [-0.3, -0.25) is 9.48 Å². The van der Waals surface area contributed by atoms with E-state index in [1.165, 1.54) is 25.0 Å². The minimum atomic E-state index is -0.278. The Labute approximate surface area is 152 Å². The molecule has 0 radical (unpaired) electrons. The monoisotopic (exact) mass is 364 g/mol. The average molecular weight is 365 g/mol. The van der Waals surface area contributed by atoms with Gasteiger partial charge in [0.05, 0.1) is 6.04 Å². The second-order valence-corrected chi connectivity index (χ2v) is 6.63. The van der Waals surface area contributed by atoms with Crippen molar-refractivity contribution in [3.05, 3.63) is 53.1 Å². The highest BCUT2D eigenvalue weighted by Crippen LogP contribution is 2.40. The van der Waals surface area contributed by atoms with Crippen molar-refractivity contribution in [1.29, 1.82) is 0 Å². The number of halogens is 2. The molecule has 2 heterocycles. The zero-order chi connectivity index (χ0) is 16.7. The molecule has 1 aliphatic heterocycles. The third kappa shape index (κ3) is 3.55. The van der Waals surface area contributed by atoms with Crippen LogP contribution in [0.3, 0.4) is 0 Å². The summed E-state index contributed by atoms with van der Waals surface area (Å²) < 4.78 is 15.4. The molecule has 1 aromatic heterocycles. The van der Waals surface area contributed by atoms with E-state index >= 15 is 0 Å². The second-order valence-electron chi connectivity index (χ2n) is 6.63. The van der Waals surface area contributed by atoms with Crippen LogP contribution in [-0.2, 0) is 7.05 Å². The lowest BCUT2D eigenvalue weighted by Crippen LogP contribution is -2.48. The van der Waals surface area contributed by atoms with Crippen LogP contribution in [0.15, 0.2) is 30.3 Å². The van der Waals surface area contributed by atoms with E-state index in [0.717, 1.165) is 17.8 Å². The van der Waals surface area contributed by atoms with E-state index in [-0.39, 0.29) is 30.2 Å². The number of hydrogen-bond donors (Lipinski definition) is 1. The van der Waals surface area contributed by atoms with Gasteiger partial charge in [0.2, 0.25) is 0 Å². The van der Waals surface area contributed by atoms with Crippen LogP contribution in [-0.4, -0.2) is 40.2 Å². The molecule has 1 amide bonds. The molecule has 1 saturated heterocycles. The molecule has 2 aromatic rings. The molecule has 0 spiro atoms. The van der Waals surface area contributed by atoms with Crippen LogP contribution in [0, 0.1) is 5.82 Å². The number of nitrogens with zero attached hydrogens (tertiary/aromatic N) is 3. The number of rotatable bonds is 3. The Bertz CT molecular complexity index is 774. The zero-order valence-electron chi connectivity index (χ0n) is 14.1. The van der Waals surface area contributed by atoms with Crippen LogP contribution in [0.5, 0.6) is 0 Å². The molecular formula is C18H22ClFN4O. The smallest absolute Gasteiger partial charge is 0.274 e. The second kappa shape index (κ2) is 7.14. The standard InChI is InChI=1S/C18H21FN4O.ClH/c1-22-16(12-5-6-12)10-15(21-22)18(24)23-8-7-20-11-17(23)13-3-2-4-14(19)9-13;/h2-4,9-10,12,17,20H,5-8,11H2,1H3;1H. The van der Waals surface area contributed by atoms with Crippen molar-refractivity contribution in [2.24, 2.45) is 7.05 Å². The number of piperazine rings is 1. The van der Waals surface area contributed by atoms with Gasteiger partial charge in [-0.1, -0.05) is 12.1 Å². The molecule has 25 heavy (non-hydrogen) atoms. The zero-order valence-corrected chi connectivity index (χ0v) is 14.9. The van der Waals surface area contributed by atoms with E-state index in [9.17, 15) is 9.18 Å². The predicted molar refractivity (Wildman–Crippen MR) is 95.5 cm³/mol. The molecule has 5 nitrogen and oxygen atoms in total. The Balaban J connectivity index is 0.00000182. The maximum absolute atomic E-state index is 13.6. The fourth-order valence-corrected chi connectivity index (χ4v) is 3.45. The van der Waals surface area contributed by atoms with Crippen molar-refractivity contribution in [3.63, 3.8) is 0 Å². The Morgan fingerprint density at radius 2 is 2.12 bits per heavy atom. The van der Waals surface area contributed by atoms with Gasteiger partial charge in [-0.05, 0) is 36.6 Å². The van der Waals surface area contributed by atoms with Crippen LogP contribution in [0.1, 0.15) is 46.5 Å².